The molecule has 140 valence electrons. The predicted molar refractivity (Wildman–Crippen MR) is 107 cm³/mol. The fraction of sp³-hybridized carbons (Fsp3) is 0.350. The lowest BCUT2D eigenvalue weighted by atomic mass is 10.1. The Morgan fingerprint density at radius 2 is 1.88 bits per heavy atom. The molecule has 0 spiro atoms. The van der Waals surface area contributed by atoms with Crippen LogP contribution in [0, 0.1) is 0 Å². The van der Waals surface area contributed by atoms with Crippen molar-refractivity contribution in [2.75, 3.05) is 26.7 Å². The van der Waals surface area contributed by atoms with Gasteiger partial charge in [-0.05, 0) is 54.8 Å². The van der Waals surface area contributed by atoms with Crippen LogP contribution < -0.4 is 15.4 Å². The van der Waals surface area contributed by atoms with Gasteiger partial charge in [-0.2, -0.15) is 0 Å². The number of hydrogen-bond acceptors (Lipinski definition) is 3. The highest BCUT2D eigenvalue weighted by Crippen LogP contribution is 2.21. The molecule has 0 radical (unpaired) electrons. The van der Waals surface area contributed by atoms with Crippen LogP contribution in [0.2, 0.25) is 10.0 Å². The van der Waals surface area contributed by atoms with Gasteiger partial charge in [0.15, 0.2) is 0 Å². The molecule has 2 aromatic carbocycles. The largest absolute Gasteiger partial charge is 0.497 e. The van der Waals surface area contributed by atoms with E-state index in [-0.39, 0.29) is 5.91 Å². The summed E-state index contributed by atoms with van der Waals surface area (Å²) < 4.78 is 5.21. The maximum atomic E-state index is 11.9. The molecule has 4 nitrogen and oxygen atoms in total. The van der Waals surface area contributed by atoms with Crippen LogP contribution in [0.4, 0.5) is 0 Å². The predicted octanol–water partition coefficient (Wildman–Crippen LogP) is 3.88. The molecule has 26 heavy (non-hydrogen) atoms. The lowest BCUT2D eigenvalue weighted by molar-refractivity contribution is -0.120. The van der Waals surface area contributed by atoms with Gasteiger partial charge in [0.25, 0.3) is 0 Å². The zero-order chi connectivity index (χ0) is 18.8. The van der Waals surface area contributed by atoms with Crippen LogP contribution in [0.15, 0.2) is 42.5 Å². The number of carbonyl (C=O) groups is 1. The molecule has 0 atom stereocenters. The Morgan fingerprint density at radius 1 is 1.04 bits per heavy atom. The van der Waals surface area contributed by atoms with Crippen LogP contribution >= 0.6 is 23.2 Å². The molecule has 6 heteroatoms. The number of amides is 1. The van der Waals surface area contributed by atoms with Gasteiger partial charge in [0.2, 0.25) is 5.91 Å². The normalized spacial score (nSPS) is 10.6. The summed E-state index contributed by atoms with van der Waals surface area (Å²) in [5.74, 6) is 0.895. The molecular formula is C20H24Cl2N2O2. The minimum Gasteiger partial charge on any atom is -0.497 e. The Morgan fingerprint density at radius 3 is 2.65 bits per heavy atom. The van der Waals surface area contributed by atoms with Crippen LogP contribution in [0.25, 0.3) is 0 Å². The smallest absolute Gasteiger partial charge is 0.221 e. The maximum absolute atomic E-state index is 11.9. The van der Waals surface area contributed by atoms with E-state index in [0.29, 0.717) is 36.0 Å². The Balaban J connectivity index is 1.57. The molecule has 0 aliphatic carbocycles. The van der Waals surface area contributed by atoms with Gasteiger partial charge < -0.3 is 15.4 Å². The van der Waals surface area contributed by atoms with E-state index in [9.17, 15) is 4.79 Å². The summed E-state index contributed by atoms with van der Waals surface area (Å²) in [6.45, 7) is 2.03. The zero-order valence-corrected chi connectivity index (χ0v) is 16.4. The maximum Gasteiger partial charge on any atom is 0.221 e. The summed E-state index contributed by atoms with van der Waals surface area (Å²) in [5.41, 5.74) is 2.19. The molecule has 0 heterocycles. The number of ether oxygens (including phenoxy) is 1. The molecule has 2 rings (SSSR count). The first kappa shape index (κ1) is 20.6. The highest BCUT2D eigenvalue weighted by molar-refractivity contribution is 6.35. The van der Waals surface area contributed by atoms with Gasteiger partial charge in [0, 0.05) is 29.6 Å². The van der Waals surface area contributed by atoms with Gasteiger partial charge in [-0.1, -0.05) is 41.4 Å². The van der Waals surface area contributed by atoms with Gasteiger partial charge in [-0.3, -0.25) is 4.79 Å². The van der Waals surface area contributed by atoms with E-state index in [2.05, 4.69) is 16.7 Å². The van der Waals surface area contributed by atoms with Crippen LogP contribution in [0.1, 0.15) is 17.5 Å². The molecule has 0 aromatic heterocycles. The van der Waals surface area contributed by atoms with Crippen molar-refractivity contribution in [3.05, 3.63) is 63.6 Å². The van der Waals surface area contributed by atoms with Gasteiger partial charge in [-0.25, -0.2) is 0 Å². The third-order valence-electron chi connectivity index (χ3n) is 3.99. The molecule has 2 aromatic rings. The van der Waals surface area contributed by atoms with E-state index in [1.54, 1.807) is 19.2 Å². The van der Waals surface area contributed by atoms with Crippen molar-refractivity contribution in [2.24, 2.45) is 0 Å². The first-order valence-electron chi connectivity index (χ1n) is 8.63. The molecule has 2 N–H and O–H groups in total. The third-order valence-corrected chi connectivity index (χ3v) is 4.57. The monoisotopic (exact) mass is 394 g/mol. The molecule has 0 aliphatic rings. The highest BCUT2D eigenvalue weighted by atomic mass is 35.5. The second kappa shape index (κ2) is 11.1. The number of hydrogen-bond donors (Lipinski definition) is 2. The lowest BCUT2D eigenvalue weighted by Gasteiger charge is -2.08. The summed E-state index contributed by atoms with van der Waals surface area (Å²) in [7, 11) is 1.66. The second-order valence-corrected chi connectivity index (χ2v) is 6.78. The lowest BCUT2D eigenvalue weighted by Crippen LogP contribution is -2.29. The van der Waals surface area contributed by atoms with Crippen LogP contribution in [0.5, 0.6) is 5.75 Å². The van der Waals surface area contributed by atoms with Crippen LogP contribution in [-0.2, 0) is 17.6 Å². The van der Waals surface area contributed by atoms with E-state index >= 15 is 0 Å². The van der Waals surface area contributed by atoms with Crippen molar-refractivity contribution < 1.29 is 9.53 Å². The minimum atomic E-state index is 0.0315. The van der Waals surface area contributed by atoms with Crippen molar-refractivity contribution in [3.63, 3.8) is 0 Å². The highest BCUT2D eigenvalue weighted by Gasteiger charge is 2.04. The molecule has 0 saturated carbocycles. The van der Waals surface area contributed by atoms with Gasteiger partial charge >= 0.3 is 0 Å². The average molecular weight is 395 g/mol. The second-order valence-electron chi connectivity index (χ2n) is 5.94. The van der Waals surface area contributed by atoms with Crippen LogP contribution in [-0.4, -0.2) is 32.7 Å². The van der Waals surface area contributed by atoms with E-state index in [0.717, 1.165) is 24.3 Å². The average Bonchev–Trinajstić information content (AvgIpc) is 2.63. The van der Waals surface area contributed by atoms with Gasteiger partial charge in [0.1, 0.15) is 5.75 Å². The van der Waals surface area contributed by atoms with Gasteiger partial charge in [-0.15, -0.1) is 0 Å². The molecule has 0 bridgehead atoms. The van der Waals surface area contributed by atoms with Crippen molar-refractivity contribution in [1.82, 2.24) is 10.6 Å². The minimum absolute atomic E-state index is 0.0315. The molecule has 0 unspecified atom stereocenters. The summed E-state index contributed by atoms with van der Waals surface area (Å²) in [6.07, 6.45) is 2.03. The summed E-state index contributed by atoms with van der Waals surface area (Å²) in [4.78, 5) is 11.9. The Bertz CT molecular complexity index is 723. The number of nitrogens with one attached hydrogen (secondary N) is 2. The van der Waals surface area contributed by atoms with Crippen molar-refractivity contribution in [2.45, 2.75) is 19.3 Å². The van der Waals surface area contributed by atoms with Crippen molar-refractivity contribution >= 4 is 29.1 Å². The zero-order valence-electron chi connectivity index (χ0n) is 14.9. The molecule has 1 amide bonds. The number of rotatable bonds is 10. The number of benzene rings is 2. The van der Waals surface area contributed by atoms with Crippen molar-refractivity contribution in [3.8, 4) is 5.75 Å². The van der Waals surface area contributed by atoms with E-state index in [1.807, 2.05) is 24.3 Å². The quantitative estimate of drug-likeness (QED) is 0.601. The SMILES string of the molecule is COc1cccc(CCNCCC(=O)NCCc2ccc(Cl)cc2Cl)c1. The first-order valence-corrected chi connectivity index (χ1v) is 9.38. The molecule has 0 fully saturated rings. The van der Waals surface area contributed by atoms with E-state index < -0.39 is 0 Å². The Labute approximate surface area is 164 Å². The fourth-order valence-corrected chi connectivity index (χ4v) is 3.04. The van der Waals surface area contributed by atoms with E-state index in [1.165, 1.54) is 5.56 Å². The molecular weight excluding hydrogens is 371 g/mol. The van der Waals surface area contributed by atoms with Crippen LogP contribution in [0.3, 0.4) is 0 Å². The first-order chi connectivity index (χ1) is 12.6. The summed E-state index contributed by atoms with van der Waals surface area (Å²) >= 11 is 12.0. The summed E-state index contributed by atoms with van der Waals surface area (Å²) in [6, 6.07) is 13.4. The standard InChI is InChI=1S/C20H24Cl2N2O2/c1-26-18-4-2-3-15(13-18)7-10-23-11-9-20(25)24-12-8-16-5-6-17(21)14-19(16)22/h2-6,13-14,23H,7-12H2,1H3,(H,24,25). The fourth-order valence-electron chi connectivity index (χ4n) is 2.54. The van der Waals surface area contributed by atoms with Gasteiger partial charge in [0.05, 0.1) is 7.11 Å². The Kier molecular flexibility index (Phi) is 8.75. The number of methoxy groups -OCH3 is 1. The topological polar surface area (TPSA) is 50.4 Å². The number of halogens is 2. The number of carbonyl (C=O) groups excluding carboxylic acids is 1. The molecule has 0 saturated heterocycles. The Hall–Kier alpha value is -1.75. The summed E-state index contributed by atoms with van der Waals surface area (Å²) in [5, 5.41) is 7.44. The molecule has 0 aliphatic heterocycles. The third kappa shape index (κ3) is 7.24. The van der Waals surface area contributed by atoms with E-state index in [4.69, 9.17) is 27.9 Å². The van der Waals surface area contributed by atoms with Crippen molar-refractivity contribution in [1.29, 1.82) is 0 Å².